The molecule has 4 rings (SSSR count). The zero-order valence-electron chi connectivity index (χ0n) is 18.3. The van der Waals surface area contributed by atoms with Gasteiger partial charge in [0.1, 0.15) is 0 Å². The third-order valence-electron chi connectivity index (χ3n) is 6.21. The van der Waals surface area contributed by atoms with Crippen LogP contribution in [0.5, 0.6) is 0 Å². The lowest BCUT2D eigenvalue weighted by atomic mass is 9.88. The minimum absolute atomic E-state index is 0.0787. The van der Waals surface area contributed by atoms with Crippen LogP contribution in [0, 0.1) is 13.8 Å². The molecule has 3 aromatic carbocycles. The van der Waals surface area contributed by atoms with Crippen molar-refractivity contribution in [1.82, 2.24) is 0 Å². The second-order valence-electron chi connectivity index (χ2n) is 8.33. The van der Waals surface area contributed by atoms with Gasteiger partial charge in [-0.3, -0.25) is 4.79 Å². The molecule has 1 heterocycles. The van der Waals surface area contributed by atoms with E-state index in [1.807, 2.05) is 17.0 Å². The number of hydrogen-bond acceptors (Lipinski definition) is 2. The Bertz CT molecular complexity index is 1050. The first-order valence-electron chi connectivity index (χ1n) is 10.8. The van der Waals surface area contributed by atoms with Crippen molar-refractivity contribution in [3.05, 3.63) is 94.5 Å². The van der Waals surface area contributed by atoms with Crippen LogP contribution in [0.2, 0.25) is 0 Å². The highest BCUT2D eigenvalue weighted by Crippen LogP contribution is 2.41. The standard InChI is InChI=1S/C27H30N2O/c1-5-21-13-15-22(16-14-21)27(30)29-20(4)17-25(23-11-8-10-19(3)26(23)29)28-24-12-7-6-9-18(24)2/h6-16,20,25,28H,5,17H2,1-4H3/t20-,25+/m0/s1. The highest BCUT2D eigenvalue weighted by atomic mass is 16.2. The Morgan fingerprint density at radius 2 is 1.67 bits per heavy atom. The van der Waals surface area contributed by atoms with E-state index in [0.717, 1.165) is 35.3 Å². The van der Waals surface area contributed by atoms with Crippen LogP contribution in [0.4, 0.5) is 11.4 Å². The van der Waals surface area contributed by atoms with Crippen LogP contribution in [0.25, 0.3) is 0 Å². The Hall–Kier alpha value is -3.07. The molecule has 0 saturated heterocycles. The summed E-state index contributed by atoms with van der Waals surface area (Å²) in [5.74, 6) is 0.0787. The molecule has 0 saturated carbocycles. The highest BCUT2D eigenvalue weighted by Gasteiger charge is 2.35. The average molecular weight is 399 g/mol. The molecule has 2 atom stereocenters. The SMILES string of the molecule is CCc1ccc(C(=O)N2c3c(C)cccc3[C@H](Nc3ccccc3C)C[C@@H]2C)cc1. The molecule has 1 aliphatic heterocycles. The van der Waals surface area contributed by atoms with E-state index in [1.54, 1.807) is 0 Å². The zero-order valence-corrected chi connectivity index (χ0v) is 18.3. The van der Waals surface area contributed by atoms with Gasteiger partial charge >= 0.3 is 0 Å². The predicted octanol–water partition coefficient (Wildman–Crippen LogP) is 6.46. The molecule has 1 aliphatic rings. The topological polar surface area (TPSA) is 32.3 Å². The van der Waals surface area contributed by atoms with Crippen LogP contribution in [-0.2, 0) is 6.42 Å². The van der Waals surface area contributed by atoms with E-state index in [-0.39, 0.29) is 18.0 Å². The molecule has 3 nitrogen and oxygen atoms in total. The molecule has 1 N–H and O–H groups in total. The average Bonchev–Trinajstić information content (AvgIpc) is 2.76. The Labute approximate surface area is 179 Å². The smallest absolute Gasteiger partial charge is 0.258 e. The molecule has 30 heavy (non-hydrogen) atoms. The van der Waals surface area contributed by atoms with E-state index in [9.17, 15) is 4.79 Å². The van der Waals surface area contributed by atoms with Crippen LogP contribution in [0.15, 0.2) is 66.7 Å². The number of nitrogens with one attached hydrogen (secondary N) is 1. The van der Waals surface area contributed by atoms with Crippen LogP contribution in [0.1, 0.15) is 58.9 Å². The monoisotopic (exact) mass is 398 g/mol. The van der Waals surface area contributed by atoms with Crippen LogP contribution < -0.4 is 10.2 Å². The summed E-state index contributed by atoms with van der Waals surface area (Å²) in [5, 5.41) is 3.74. The summed E-state index contributed by atoms with van der Waals surface area (Å²) in [4.78, 5) is 15.6. The lowest BCUT2D eigenvalue weighted by molar-refractivity contribution is 0.0974. The number of carbonyl (C=O) groups is 1. The largest absolute Gasteiger partial charge is 0.378 e. The molecule has 0 aromatic heterocycles. The fourth-order valence-corrected chi connectivity index (χ4v) is 4.47. The van der Waals surface area contributed by atoms with Gasteiger partial charge in [-0.25, -0.2) is 0 Å². The molecule has 3 aromatic rings. The molecule has 0 radical (unpaired) electrons. The summed E-state index contributed by atoms with van der Waals surface area (Å²) in [6.45, 7) is 8.51. The fourth-order valence-electron chi connectivity index (χ4n) is 4.47. The molecule has 3 heteroatoms. The maximum absolute atomic E-state index is 13.5. The first kappa shape index (κ1) is 20.2. The van der Waals surface area contributed by atoms with Crippen molar-refractivity contribution < 1.29 is 4.79 Å². The predicted molar refractivity (Wildman–Crippen MR) is 125 cm³/mol. The van der Waals surface area contributed by atoms with Crippen molar-refractivity contribution in [2.24, 2.45) is 0 Å². The molecular formula is C27H30N2O. The lowest BCUT2D eigenvalue weighted by Crippen LogP contribution is -2.44. The van der Waals surface area contributed by atoms with Crippen molar-refractivity contribution in [3.8, 4) is 0 Å². The number of carbonyl (C=O) groups excluding carboxylic acids is 1. The minimum Gasteiger partial charge on any atom is -0.378 e. The number of aryl methyl sites for hydroxylation is 3. The van der Waals surface area contributed by atoms with Crippen LogP contribution >= 0.6 is 0 Å². The van der Waals surface area contributed by atoms with Crippen molar-refractivity contribution in [1.29, 1.82) is 0 Å². The summed E-state index contributed by atoms with van der Waals surface area (Å²) < 4.78 is 0. The van der Waals surface area contributed by atoms with Gasteiger partial charge in [0.05, 0.1) is 11.7 Å². The quantitative estimate of drug-likeness (QED) is 0.547. The number of fused-ring (bicyclic) bond motifs is 1. The first-order chi connectivity index (χ1) is 14.5. The van der Waals surface area contributed by atoms with Crippen molar-refractivity contribution in [2.45, 2.75) is 52.6 Å². The number of amides is 1. The second-order valence-corrected chi connectivity index (χ2v) is 8.33. The Morgan fingerprint density at radius 3 is 2.37 bits per heavy atom. The molecule has 1 amide bonds. The van der Waals surface area contributed by atoms with E-state index in [0.29, 0.717) is 0 Å². The van der Waals surface area contributed by atoms with E-state index >= 15 is 0 Å². The van der Waals surface area contributed by atoms with E-state index in [2.05, 4.69) is 87.6 Å². The molecule has 0 aliphatic carbocycles. The number of hydrogen-bond donors (Lipinski definition) is 1. The molecule has 0 bridgehead atoms. The van der Waals surface area contributed by atoms with Crippen molar-refractivity contribution in [3.63, 3.8) is 0 Å². The third-order valence-corrected chi connectivity index (χ3v) is 6.21. The Morgan fingerprint density at radius 1 is 0.967 bits per heavy atom. The molecule has 0 fully saturated rings. The van der Waals surface area contributed by atoms with Gasteiger partial charge in [0.2, 0.25) is 0 Å². The van der Waals surface area contributed by atoms with Gasteiger partial charge in [0.15, 0.2) is 0 Å². The first-order valence-corrected chi connectivity index (χ1v) is 10.8. The number of para-hydroxylation sites is 2. The lowest BCUT2D eigenvalue weighted by Gasteiger charge is -2.41. The van der Waals surface area contributed by atoms with Gasteiger partial charge in [-0.05, 0) is 74.1 Å². The number of nitrogens with zero attached hydrogens (tertiary/aromatic N) is 1. The van der Waals surface area contributed by atoms with Gasteiger partial charge in [-0.1, -0.05) is 55.5 Å². The third kappa shape index (κ3) is 3.72. The summed E-state index contributed by atoms with van der Waals surface area (Å²) in [6, 6.07) is 23.0. The molecule has 0 spiro atoms. The van der Waals surface area contributed by atoms with Gasteiger partial charge in [-0.15, -0.1) is 0 Å². The minimum atomic E-state index is 0.0787. The Balaban J connectivity index is 1.72. The van der Waals surface area contributed by atoms with Gasteiger partial charge in [0, 0.05) is 17.3 Å². The van der Waals surface area contributed by atoms with E-state index in [1.165, 1.54) is 16.7 Å². The van der Waals surface area contributed by atoms with Gasteiger partial charge in [0.25, 0.3) is 5.91 Å². The molecule has 0 unspecified atom stereocenters. The summed E-state index contributed by atoms with van der Waals surface area (Å²) in [6.07, 6.45) is 1.84. The maximum atomic E-state index is 13.5. The number of rotatable bonds is 4. The van der Waals surface area contributed by atoms with Crippen LogP contribution in [0.3, 0.4) is 0 Å². The fraction of sp³-hybridized carbons (Fsp3) is 0.296. The van der Waals surface area contributed by atoms with E-state index < -0.39 is 0 Å². The Kier molecular flexibility index (Phi) is 5.63. The molecular weight excluding hydrogens is 368 g/mol. The highest BCUT2D eigenvalue weighted by molar-refractivity contribution is 6.07. The van der Waals surface area contributed by atoms with E-state index in [4.69, 9.17) is 0 Å². The summed E-state index contributed by atoms with van der Waals surface area (Å²) in [7, 11) is 0. The summed E-state index contributed by atoms with van der Waals surface area (Å²) in [5.41, 5.74) is 7.75. The second kappa shape index (κ2) is 8.35. The number of benzene rings is 3. The van der Waals surface area contributed by atoms with Crippen LogP contribution in [-0.4, -0.2) is 11.9 Å². The van der Waals surface area contributed by atoms with Crippen molar-refractivity contribution >= 4 is 17.3 Å². The van der Waals surface area contributed by atoms with Crippen molar-refractivity contribution in [2.75, 3.05) is 10.2 Å². The van der Waals surface area contributed by atoms with Gasteiger partial charge < -0.3 is 10.2 Å². The maximum Gasteiger partial charge on any atom is 0.258 e. The van der Waals surface area contributed by atoms with Gasteiger partial charge in [-0.2, -0.15) is 0 Å². The number of anilines is 2. The normalized spacial score (nSPS) is 18.1. The zero-order chi connectivity index (χ0) is 21.3. The summed E-state index contributed by atoms with van der Waals surface area (Å²) >= 11 is 0. The molecule has 154 valence electrons.